The van der Waals surface area contributed by atoms with E-state index in [-0.39, 0.29) is 5.41 Å². The first-order valence-corrected chi connectivity index (χ1v) is 8.88. The molecule has 1 fully saturated rings. The molecule has 1 aromatic carbocycles. The minimum absolute atomic E-state index is 0.104. The lowest BCUT2D eigenvalue weighted by molar-refractivity contribution is 0.0697. The molecular weight excluding hydrogens is 300 g/mol. The number of aromatic carboxylic acids is 1. The van der Waals surface area contributed by atoms with E-state index in [1.54, 1.807) is 0 Å². The Bertz CT molecular complexity index is 762. The lowest BCUT2D eigenvalue weighted by atomic mass is 9.84. The van der Waals surface area contributed by atoms with E-state index in [2.05, 4.69) is 37.6 Å². The van der Waals surface area contributed by atoms with Crippen molar-refractivity contribution in [3.05, 3.63) is 34.5 Å². The van der Waals surface area contributed by atoms with E-state index in [0.717, 1.165) is 35.1 Å². The normalized spacial score (nSPS) is 16.2. The van der Waals surface area contributed by atoms with Gasteiger partial charge in [-0.3, -0.25) is 0 Å². The SMILES string of the molecule is Cc1[nH]c2c(C(C)(C)C)cc(C(=O)O)cc2c1CCN1CCCC1. The van der Waals surface area contributed by atoms with Crippen molar-refractivity contribution in [1.82, 2.24) is 9.88 Å². The van der Waals surface area contributed by atoms with Gasteiger partial charge in [0, 0.05) is 23.1 Å². The molecule has 24 heavy (non-hydrogen) atoms. The Hall–Kier alpha value is -1.81. The third kappa shape index (κ3) is 3.20. The molecule has 0 amide bonds. The fourth-order valence-corrected chi connectivity index (χ4v) is 3.79. The zero-order valence-corrected chi connectivity index (χ0v) is 15.2. The van der Waals surface area contributed by atoms with Crippen LogP contribution in [0.2, 0.25) is 0 Å². The van der Waals surface area contributed by atoms with E-state index in [0.29, 0.717) is 5.56 Å². The van der Waals surface area contributed by atoms with Crippen LogP contribution in [0.5, 0.6) is 0 Å². The van der Waals surface area contributed by atoms with E-state index in [1.807, 2.05) is 12.1 Å². The average molecular weight is 328 g/mol. The maximum atomic E-state index is 11.6. The van der Waals surface area contributed by atoms with Crippen LogP contribution in [-0.2, 0) is 11.8 Å². The summed E-state index contributed by atoms with van der Waals surface area (Å²) in [6, 6.07) is 3.67. The second kappa shape index (κ2) is 6.25. The van der Waals surface area contributed by atoms with Crippen molar-refractivity contribution < 1.29 is 9.90 Å². The van der Waals surface area contributed by atoms with Gasteiger partial charge in [0.15, 0.2) is 0 Å². The number of likely N-dealkylation sites (tertiary alicyclic amines) is 1. The smallest absolute Gasteiger partial charge is 0.335 e. The van der Waals surface area contributed by atoms with E-state index in [4.69, 9.17) is 0 Å². The van der Waals surface area contributed by atoms with Crippen molar-refractivity contribution in [2.75, 3.05) is 19.6 Å². The largest absolute Gasteiger partial charge is 0.478 e. The number of hydrogen-bond acceptors (Lipinski definition) is 2. The molecule has 0 spiro atoms. The molecule has 2 aromatic rings. The number of nitrogens with one attached hydrogen (secondary N) is 1. The predicted octanol–water partition coefficient (Wildman–Crippen LogP) is 4.11. The Balaban J connectivity index is 2.07. The number of H-pyrrole nitrogens is 1. The fourth-order valence-electron chi connectivity index (χ4n) is 3.79. The first kappa shape index (κ1) is 17.0. The number of carboxylic acid groups (broad SMARTS) is 1. The minimum atomic E-state index is -0.855. The second-order valence-corrected chi connectivity index (χ2v) is 8.03. The average Bonchev–Trinajstić information content (AvgIpc) is 3.09. The number of rotatable bonds is 4. The molecule has 2 heterocycles. The monoisotopic (exact) mass is 328 g/mol. The van der Waals surface area contributed by atoms with Crippen LogP contribution in [0.3, 0.4) is 0 Å². The predicted molar refractivity (Wildman–Crippen MR) is 98.1 cm³/mol. The van der Waals surface area contributed by atoms with Crippen LogP contribution >= 0.6 is 0 Å². The molecule has 0 unspecified atom stereocenters. The van der Waals surface area contributed by atoms with Gasteiger partial charge in [-0.2, -0.15) is 0 Å². The molecule has 1 aliphatic heterocycles. The first-order valence-electron chi connectivity index (χ1n) is 8.88. The maximum Gasteiger partial charge on any atom is 0.335 e. The highest BCUT2D eigenvalue weighted by Crippen LogP contribution is 2.34. The number of aromatic nitrogens is 1. The Morgan fingerprint density at radius 3 is 2.50 bits per heavy atom. The highest BCUT2D eigenvalue weighted by atomic mass is 16.4. The molecular formula is C20H28N2O2. The van der Waals surface area contributed by atoms with Crippen LogP contribution in [0, 0.1) is 6.92 Å². The highest BCUT2D eigenvalue weighted by molar-refractivity contribution is 5.97. The summed E-state index contributed by atoms with van der Waals surface area (Å²) in [7, 11) is 0. The van der Waals surface area contributed by atoms with Crippen LogP contribution in [0.1, 0.15) is 60.8 Å². The lowest BCUT2D eigenvalue weighted by Crippen LogP contribution is -2.22. The molecule has 1 saturated heterocycles. The Kier molecular flexibility index (Phi) is 4.43. The number of aryl methyl sites for hydroxylation is 1. The molecule has 4 heteroatoms. The topological polar surface area (TPSA) is 56.3 Å². The molecule has 1 aromatic heterocycles. The molecule has 0 atom stereocenters. The van der Waals surface area contributed by atoms with Gasteiger partial charge in [-0.05, 0) is 68.0 Å². The summed E-state index contributed by atoms with van der Waals surface area (Å²) in [5.41, 5.74) is 4.89. The van der Waals surface area contributed by atoms with Gasteiger partial charge < -0.3 is 15.0 Å². The molecule has 0 aliphatic carbocycles. The van der Waals surface area contributed by atoms with E-state index < -0.39 is 5.97 Å². The van der Waals surface area contributed by atoms with Crippen molar-refractivity contribution in [1.29, 1.82) is 0 Å². The molecule has 0 radical (unpaired) electrons. The van der Waals surface area contributed by atoms with Gasteiger partial charge in [-0.15, -0.1) is 0 Å². The first-order chi connectivity index (χ1) is 11.3. The van der Waals surface area contributed by atoms with Gasteiger partial charge in [-0.25, -0.2) is 4.79 Å². The van der Waals surface area contributed by atoms with Gasteiger partial charge in [-0.1, -0.05) is 20.8 Å². The Morgan fingerprint density at radius 1 is 1.25 bits per heavy atom. The van der Waals surface area contributed by atoms with Crippen LogP contribution in [0.4, 0.5) is 0 Å². The molecule has 1 aliphatic rings. The van der Waals surface area contributed by atoms with Crippen molar-refractivity contribution in [3.8, 4) is 0 Å². The summed E-state index contributed by atoms with van der Waals surface area (Å²) in [6.45, 7) is 11.9. The van der Waals surface area contributed by atoms with E-state index in [9.17, 15) is 9.90 Å². The van der Waals surface area contributed by atoms with E-state index in [1.165, 1.54) is 31.5 Å². The van der Waals surface area contributed by atoms with Gasteiger partial charge in [0.25, 0.3) is 0 Å². The maximum absolute atomic E-state index is 11.6. The summed E-state index contributed by atoms with van der Waals surface area (Å²) in [5, 5.41) is 10.6. The summed E-state index contributed by atoms with van der Waals surface area (Å²) in [4.78, 5) is 17.6. The second-order valence-electron chi connectivity index (χ2n) is 8.03. The highest BCUT2D eigenvalue weighted by Gasteiger charge is 2.23. The van der Waals surface area contributed by atoms with Crippen molar-refractivity contribution in [3.63, 3.8) is 0 Å². The molecule has 0 bridgehead atoms. The fraction of sp³-hybridized carbons (Fsp3) is 0.550. The Morgan fingerprint density at radius 2 is 1.92 bits per heavy atom. The molecule has 2 N–H and O–H groups in total. The van der Waals surface area contributed by atoms with Crippen LogP contribution < -0.4 is 0 Å². The Labute approximate surface area is 143 Å². The van der Waals surface area contributed by atoms with Crippen LogP contribution in [-0.4, -0.2) is 40.6 Å². The van der Waals surface area contributed by atoms with Crippen molar-refractivity contribution in [2.24, 2.45) is 0 Å². The molecule has 130 valence electrons. The summed E-state index contributed by atoms with van der Waals surface area (Å²) < 4.78 is 0. The van der Waals surface area contributed by atoms with Gasteiger partial charge in [0.2, 0.25) is 0 Å². The minimum Gasteiger partial charge on any atom is -0.478 e. The number of benzene rings is 1. The number of nitrogens with zero attached hydrogens (tertiary/aromatic N) is 1. The molecule has 4 nitrogen and oxygen atoms in total. The summed E-state index contributed by atoms with van der Waals surface area (Å²) in [6.07, 6.45) is 3.56. The van der Waals surface area contributed by atoms with Gasteiger partial charge >= 0.3 is 5.97 Å². The lowest BCUT2D eigenvalue weighted by Gasteiger charge is -2.21. The van der Waals surface area contributed by atoms with Crippen LogP contribution in [0.15, 0.2) is 12.1 Å². The van der Waals surface area contributed by atoms with E-state index >= 15 is 0 Å². The van der Waals surface area contributed by atoms with Crippen LogP contribution in [0.25, 0.3) is 10.9 Å². The van der Waals surface area contributed by atoms with Crippen molar-refractivity contribution in [2.45, 2.75) is 52.4 Å². The quantitative estimate of drug-likeness (QED) is 0.888. The molecule has 0 saturated carbocycles. The third-order valence-corrected chi connectivity index (χ3v) is 5.16. The number of carboxylic acids is 1. The van der Waals surface area contributed by atoms with Crippen molar-refractivity contribution >= 4 is 16.9 Å². The third-order valence-electron chi connectivity index (χ3n) is 5.16. The molecule has 3 rings (SSSR count). The van der Waals surface area contributed by atoms with Gasteiger partial charge in [0.05, 0.1) is 5.56 Å². The summed E-state index contributed by atoms with van der Waals surface area (Å²) >= 11 is 0. The zero-order valence-electron chi connectivity index (χ0n) is 15.2. The van der Waals surface area contributed by atoms with Gasteiger partial charge in [0.1, 0.15) is 0 Å². The number of hydrogen-bond donors (Lipinski definition) is 2. The summed E-state index contributed by atoms with van der Waals surface area (Å²) in [5.74, 6) is -0.855. The standard InChI is InChI=1S/C20H28N2O2/c1-13-15(7-10-22-8-5-6-9-22)16-11-14(19(23)24)12-17(18(16)21-13)20(2,3)4/h11-12,21H,5-10H2,1-4H3,(H,23,24). The number of aromatic amines is 1. The number of fused-ring (bicyclic) bond motifs is 1. The number of carbonyl (C=O) groups is 1. The zero-order chi connectivity index (χ0) is 17.5.